The summed E-state index contributed by atoms with van der Waals surface area (Å²) in [6.45, 7) is 3.09. The Morgan fingerprint density at radius 1 is 1.37 bits per heavy atom. The molecular formula is C17H17N5O3S2. The van der Waals surface area contributed by atoms with Crippen molar-refractivity contribution in [2.75, 3.05) is 6.79 Å². The van der Waals surface area contributed by atoms with Gasteiger partial charge in [-0.1, -0.05) is 23.9 Å². The second-order valence-electron chi connectivity index (χ2n) is 5.86. The third-order valence-electron chi connectivity index (χ3n) is 3.94. The van der Waals surface area contributed by atoms with Gasteiger partial charge in [0.15, 0.2) is 11.5 Å². The minimum atomic E-state index is -0.327. The first-order chi connectivity index (χ1) is 13.2. The van der Waals surface area contributed by atoms with Crippen LogP contribution in [0.15, 0.2) is 40.9 Å². The fourth-order valence-electron chi connectivity index (χ4n) is 2.53. The number of tetrazole rings is 1. The summed E-state index contributed by atoms with van der Waals surface area (Å²) in [5.41, 5.74) is 0.951. The molecule has 1 amide bonds. The molecule has 1 atom stereocenters. The Labute approximate surface area is 163 Å². The largest absolute Gasteiger partial charge is 0.454 e. The van der Waals surface area contributed by atoms with Crippen LogP contribution >= 0.6 is 23.1 Å². The van der Waals surface area contributed by atoms with Gasteiger partial charge in [0, 0.05) is 11.4 Å². The monoisotopic (exact) mass is 403 g/mol. The van der Waals surface area contributed by atoms with Gasteiger partial charge in [-0.2, -0.15) is 0 Å². The van der Waals surface area contributed by atoms with Crippen molar-refractivity contribution in [2.24, 2.45) is 0 Å². The van der Waals surface area contributed by atoms with Gasteiger partial charge in [-0.15, -0.1) is 16.4 Å². The van der Waals surface area contributed by atoms with E-state index in [1.165, 1.54) is 11.8 Å². The van der Waals surface area contributed by atoms with Crippen molar-refractivity contribution < 1.29 is 14.3 Å². The van der Waals surface area contributed by atoms with Crippen molar-refractivity contribution >= 4 is 29.0 Å². The lowest BCUT2D eigenvalue weighted by Gasteiger charge is -2.12. The molecule has 8 nitrogen and oxygen atoms in total. The molecule has 0 bridgehead atoms. The maximum absolute atomic E-state index is 12.4. The van der Waals surface area contributed by atoms with Gasteiger partial charge < -0.3 is 14.8 Å². The van der Waals surface area contributed by atoms with Crippen LogP contribution in [-0.4, -0.2) is 38.2 Å². The number of carbonyl (C=O) groups excluding carboxylic acids is 1. The number of benzene rings is 1. The van der Waals surface area contributed by atoms with Crippen molar-refractivity contribution in [3.8, 4) is 11.5 Å². The van der Waals surface area contributed by atoms with Gasteiger partial charge in [0.25, 0.3) is 0 Å². The molecule has 0 fully saturated rings. The maximum Gasteiger partial charge on any atom is 0.233 e. The van der Waals surface area contributed by atoms with Gasteiger partial charge in [0.05, 0.1) is 11.8 Å². The number of aromatic nitrogens is 4. The second kappa shape index (κ2) is 7.97. The highest BCUT2D eigenvalue weighted by atomic mass is 32.2. The Hall–Kier alpha value is -2.59. The molecule has 3 aromatic rings. The molecule has 27 heavy (non-hydrogen) atoms. The molecule has 140 valence electrons. The average molecular weight is 403 g/mol. The molecule has 0 saturated heterocycles. The standard InChI is InChI=1S/C17H17N5O3S2/c1-11(27-17-19-20-21-22(17)9-13-3-2-6-26-13)16(23)18-8-12-4-5-14-15(7-12)25-10-24-14/h2-7,11H,8-10H2,1H3,(H,18,23)/t11-/m1/s1. The summed E-state index contributed by atoms with van der Waals surface area (Å²) in [6.07, 6.45) is 0. The van der Waals surface area contributed by atoms with Crippen LogP contribution in [-0.2, 0) is 17.9 Å². The summed E-state index contributed by atoms with van der Waals surface area (Å²) in [5, 5.41) is 17.0. The number of ether oxygens (including phenoxy) is 2. The van der Waals surface area contributed by atoms with Gasteiger partial charge in [-0.3, -0.25) is 4.79 Å². The number of amides is 1. The molecule has 4 rings (SSSR count). The molecule has 0 radical (unpaired) electrons. The van der Waals surface area contributed by atoms with Crippen LogP contribution in [0, 0.1) is 0 Å². The average Bonchev–Trinajstić information content (AvgIpc) is 3.42. The Morgan fingerprint density at radius 2 is 2.26 bits per heavy atom. The highest BCUT2D eigenvalue weighted by Gasteiger charge is 2.19. The lowest BCUT2D eigenvalue weighted by atomic mass is 10.2. The molecule has 1 N–H and O–H groups in total. The first-order valence-electron chi connectivity index (χ1n) is 8.30. The number of hydrogen-bond donors (Lipinski definition) is 1. The fraction of sp³-hybridized carbons (Fsp3) is 0.294. The zero-order valence-corrected chi connectivity index (χ0v) is 16.1. The minimum absolute atomic E-state index is 0.0802. The number of carbonyl (C=O) groups is 1. The van der Waals surface area contributed by atoms with Gasteiger partial charge in [-0.05, 0) is 46.5 Å². The number of nitrogens with one attached hydrogen (secondary N) is 1. The molecular weight excluding hydrogens is 386 g/mol. The molecule has 1 aromatic carbocycles. The Morgan fingerprint density at radius 3 is 3.11 bits per heavy atom. The third kappa shape index (κ3) is 4.22. The van der Waals surface area contributed by atoms with E-state index in [4.69, 9.17) is 9.47 Å². The molecule has 3 heterocycles. The second-order valence-corrected chi connectivity index (χ2v) is 8.20. The molecule has 0 unspecified atom stereocenters. The number of hydrogen-bond acceptors (Lipinski definition) is 8. The highest BCUT2D eigenvalue weighted by Crippen LogP contribution is 2.32. The zero-order valence-electron chi connectivity index (χ0n) is 14.5. The van der Waals surface area contributed by atoms with Gasteiger partial charge >= 0.3 is 0 Å². The van der Waals surface area contributed by atoms with Gasteiger partial charge in [0.1, 0.15) is 0 Å². The maximum atomic E-state index is 12.4. The smallest absolute Gasteiger partial charge is 0.233 e. The summed E-state index contributed by atoms with van der Waals surface area (Å²) in [4.78, 5) is 13.6. The summed E-state index contributed by atoms with van der Waals surface area (Å²) in [6, 6.07) is 9.65. The van der Waals surface area contributed by atoms with Crippen LogP contribution in [0.5, 0.6) is 11.5 Å². The van der Waals surface area contributed by atoms with Crippen LogP contribution in [0.3, 0.4) is 0 Å². The molecule has 0 spiro atoms. The lowest BCUT2D eigenvalue weighted by Crippen LogP contribution is -2.30. The summed E-state index contributed by atoms with van der Waals surface area (Å²) in [7, 11) is 0. The summed E-state index contributed by atoms with van der Waals surface area (Å²) >= 11 is 2.98. The van der Waals surface area contributed by atoms with E-state index in [0.29, 0.717) is 24.0 Å². The SMILES string of the molecule is C[C@@H](Sc1nnnn1Cc1cccs1)C(=O)NCc1ccc2c(c1)OCO2. The van der Waals surface area contributed by atoms with E-state index >= 15 is 0 Å². The normalized spacial score (nSPS) is 13.5. The molecule has 1 aliphatic heterocycles. The van der Waals surface area contributed by atoms with E-state index < -0.39 is 0 Å². The number of thioether (sulfide) groups is 1. The van der Waals surface area contributed by atoms with Crippen LogP contribution < -0.4 is 14.8 Å². The third-order valence-corrected chi connectivity index (χ3v) is 5.87. The lowest BCUT2D eigenvalue weighted by molar-refractivity contribution is -0.120. The van der Waals surface area contributed by atoms with E-state index in [1.807, 2.05) is 42.6 Å². The van der Waals surface area contributed by atoms with Crippen molar-refractivity contribution in [2.45, 2.75) is 30.4 Å². The predicted molar refractivity (Wildman–Crippen MR) is 101 cm³/mol. The van der Waals surface area contributed by atoms with Crippen LogP contribution in [0.4, 0.5) is 0 Å². The molecule has 1 aliphatic rings. The van der Waals surface area contributed by atoms with Crippen molar-refractivity contribution in [1.82, 2.24) is 25.5 Å². The van der Waals surface area contributed by atoms with Gasteiger partial charge in [0.2, 0.25) is 17.9 Å². The van der Waals surface area contributed by atoms with E-state index in [0.717, 1.165) is 16.2 Å². The van der Waals surface area contributed by atoms with Crippen LogP contribution in [0.1, 0.15) is 17.4 Å². The summed E-state index contributed by atoms with van der Waals surface area (Å²) < 4.78 is 12.4. The number of thiophene rings is 1. The topological polar surface area (TPSA) is 91.2 Å². The quantitative estimate of drug-likeness (QED) is 0.605. The highest BCUT2D eigenvalue weighted by molar-refractivity contribution is 8.00. The Balaban J connectivity index is 1.32. The van der Waals surface area contributed by atoms with Crippen LogP contribution in [0.2, 0.25) is 0 Å². The molecule has 0 saturated carbocycles. The van der Waals surface area contributed by atoms with Crippen molar-refractivity contribution in [3.63, 3.8) is 0 Å². The van der Waals surface area contributed by atoms with E-state index in [2.05, 4.69) is 20.8 Å². The Bertz CT molecular complexity index is 929. The van der Waals surface area contributed by atoms with Crippen molar-refractivity contribution in [1.29, 1.82) is 0 Å². The number of fused-ring (bicyclic) bond motifs is 1. The van der Waals surface area contributed by atoms with E-state index in [9.17, 15) is 4.79 Å². The van der Waals surface area contributed by atoms with Gasteiger partial charge in [-0.25, -0.2) is 4.68 Å². The molecule has 10 heteroatoms. The number of rotatable bonds is 7. The summed E-state index contributed by atoms with van der Waals surface area (Å²) in [5.74, 6) is 1.35. The van der Waals surface area contributed by atoms with Crippen molar-refractivity contribution in [3.05, 3.63) is 46.2 Å². The first-order valence-corrected chi connectivity index (χ1v) is 10.1. The molecule has 0 aliphatic carbocycles. The fourth-order valence-corrected chi connectivity index (χ4v) is 4.02. The van der Waals surface area contributed by atoms with E-state index in [-0.39, 0.29) is 18.0 Å². The molecule has 2 aromatic heterocycles. The zero-order chi connectivity index (χ0) is 18.6. The van der Waals surface area contributed by atoms with E-state index in [1.54, 1.807) is 16.0 Å². The first kappa shape index (κ1) is 17.8. The van der Waals surface area contributed by atoms with Crippen LogP contribution in [0.25, 0.3) is 0 Å². The minimum Gasteiger partial charge on any atom is -0.454 e. The predicted octanol–water partition coefficient (Wildman–Crippen LogP) is 2.31. The number of nitrogens with zero attached hydrogens (tertiary/aromatic N) is 4. The Kier molecular flexibility index (Phi) is 5.26.